The van der Waals surface area contributed by atoms with Gasteiger partial charge in [-0.1, -0.05) is 41.9 Å². The average molecular weight is 322 g/mol. The van der Waals surface area contributed by atoms with Crippen molar-refractivity contribution in [2.24, 2.45) is 0 Å². The number of nitrogens with zero attached hydrogens (tertiary/aromatic N) is 1. The Bertz CT molecular complexity index is 950. The van der Waals surface area contributed by atoms with E-state index in [9.17, 15) is 10.1 Å². The highest BCUT2D eigenvalue weighted by Crippen LogP contribution is 2.23. The molecular formula is C18H12ClN3O. The summed E-state index contributed by atoms with van der Waals surface area (Å²) in [6, 6.07) is 16.5. The van der Waals surface area contributed by atoms with Crippen LogP contribution in [0, 0.1) is 11.3 Å². The fourth-order valence-corrected chi connectivity index (χ4v) is 2.45. The number of hydrogen-bond donors (Lipinski definition) is 2. The minimum absolute atomic E-state index is 0.00896. The first-order valence-corrected chi connectivity index (χ1v) is 7.30. The van der Waals surface area contributed by atoms with Gasteiger partial charge in [0.1, 0.15) is 11.6 Å². The van der Waals surface area contributed by atoms with Crippen molar-refractivity contribution in [3.05, 3.63) is 70.9 Å². The highest BCUT2D eigenvalue weighted by molar-refractivity contribution is 6.34. The van der Waals surface area contributed by atoms with Crippen LogP contribution in [0.5, 0.6) is 0 Å². The lowest BCUT2D eigenvalue weighted by atomic mass is 10.1. The van der Waals surface area contributed by atoms with E-state index < -0.39 is 5.91 Å². The molecular weight excluding hydrogens is 310 g/mol. The highest BCUT2D eigenvalue weighted by atomic mass is 35.5. The molecule has 23 heavy (non-hydrogen) atoms. The van der Waals surface area contributed by atoms with Crippen LogP contribution in [0.2, 0.25) is 5.02 Å². The van der Waals surface area contributed by atoms with Crippen LogP contribution in [-0.2, 0) is 4.79 Å². The Morgan fingerprint density at radius 2 is 1.91 bits per heavy atom. The summed E-state index contributed by atoms with van der Waals surface area (Å²) in [6.07, 6.45) is 3.33. The van der Waals surface area contributed by atoms with Crippen LogP contribution in [0.15, 0.2) is 60.3 Å². The van der Waals surface area contributed by atoms with E-state index >= 15 is 0 Å². The van der Waals surface area contributed by atoms with Crippen molar-refractivity contribution in [1.82, 2.24) is 4.98 Å². The maximum absolute atomic E-state index is 12.3. The van der Waals surface area contributed by atoms with Crippen LogP contribution in [0.4, 0.5) is 5.69 Å². The second-order valence-electron chi connectivity index (χ2n) is 4.89. The second-order valence-corrected chi connectivity index (χ2v) is 5.30. The van der Waals surface area contributed by atoms with Gasteiger partial charge in [0, 0.05) is 22.7 Å². The van der Waals surface area contributed by atoms with Crippen LogP contribution in [0.1, 0.15) is 5.56 Å². The number of halogens is 1. The summed E-state index contributed by atoms with van der Waals surface area (Å²) < 4.78 is 0. The molecule has 0 atom stereocenters. The topological polar surface area (TPSA) is 68.7 Å². The molecule has 4 nitrogen and oxygen atoms in total. The fraction of sp³-hybridized carbons (Fsp3) is 0. The molecule has 3 aromatic rings. The van der Waals surface area contributed by atoms with E-state index in [0.29, 0.717) is 10.7 Å². The molecule has 0 spiro atoms. The summed E-state index contributed by atoms with van der Waals surface area (Å²) in [7, 11) is 0. The highest BCUT2D eigenvalue weighted by Gasteiger charge is 2.12. The molecule has 5 heteroatoms. The van der Waals surface area contributed by atoms with Crippen molar-refractivity contribution in [3.8, 4) is 6.07 Å². The number of benzene rings is 2. The molecule has 112 valence electrons. The Balaban J connectivity index is 1.92. The Hall–Kier alpha value is -3.03. The number of carbonyl (C=O) groups excluding carboxylic acids is 1. The molecule has 0 radical (unpaired) electrons. The van der Waals surface area contributed by atoms with Crippen LogP contribution in [0.25, 0.3) is 17.0 Å². The third-order valence-electron chi connectivity index (χ3n) is 3.41. The van der Waals surface area contributed by atoms with Gasteiger partial charge in [-0.2, -0.15) is 5.26 Å². The minimum atomic E-state index is -0.495. The Morgan fingerprint density at radius 1 is 1.17 bits per heavy atom. The maximum Gasteiger partial charge on any atom is 0.266 e. The minimum Gasteiger partial charge on any atom is -0.361 e. The standard InChI is InChI=1S/C18H12ClN3O/c19-15-6-2-4-8-17(15)22-18(23)12(10-20)9-13-11-21-16-7-3-1-5-14(13)16/h1-9,11,21H,(H,22,23)/b12-9-. The number of H-pyrrole nitrogens is 1. The van der Waals surface area contributed by atoms with E-state index in [0.717, 1.165) is 16.5 Å². The summed E-state index contributed by atoms with van der Waals surface area (Å²) in [5.74, 6) is -0.495. The van der Waals surface area contributed by atoms with Crippen molar-refractivity contribution in [1.29, 1.82) is 5.26 Å². The number of para-hydroxylation sites is 2. The lowest BCUT2D eigenvalue weighted by molar-refractivity contribution is -0.112. The number of anilines is 1. The number of aromatic amines is 1. The van der Waals surface area contributed by atoms with Gasteiger partial charge in [-0.15, -0.1) is 0 Å². The molecule has 0 saturated carbocycles. The molecule has 0 aliphatic heterocycles. The maximum atomic E-state index is 12.3. The van der Waals surface area contributed by atoms with Gasteiger partial charge in [-0.3, -0.25) is 4.79 Å². The average Bonchev–Trinajstić information content (AvgIpc) is 2.97. The smallest absolute Gasteiger partial charge is 0.266 e. The Kier molecular flexibility index (Phi) is 4.13. The number of nitriles is 1. The van der Waals surface area contributed by atoms with Gasteiger partial charge in [0.25, 0.3) is 5.91 Å². The molecule has 3 rings (SSSR count). The Labute approximate surface area is 138 Å². The molecule has 1 aromatic heterocycles. The predicted octanol–water partition coefficient (Wildman–Crippen LogP) is 4.37. The number of nitrogens with one attached hydrogen (secondary N) is 2. The molecule has 0 aliphatic rings. The number of rotatable bonds is 3. The van der Waals surface area contributed by atoms with Crippen molar-refractivity contribution in [2.45, 2.75) is 0 Å². The summed E-state index contributed by atoms with van der Waals surface area (Å²) in [6.45, 7) is 0. The number of amides is 1. The molecule has 1 amide bonds. The van der Waals surface area contributed by atoms with Crippen molar-refractivity contribution in [3.63, 3.8) is 0 Å². The van der Waals surface area contributed by atoms with Gasteiger partial charge in [0.15, 0.2) is 0 Å². The SMILES string of the molecule is N#C/C(=C/c1c[nH]c2ccccc12)C(=O)Nc1ccccc1Cl. The molecule has 1 heterocycles. The molecule has 0 fully saturated rings. The summed E-state index contributed by atoms with van der Waals surface area (Å²) >= 11 is 6.01. The zero-order chi connectivity index (χ0) is 16.2. The molecule has 0 unspecified atom stereocenters. The van der Waals surface area contributed by atoms with E-state index in [1.165, 1.54) is 0 Å². The van der Waals surface area contributed by atoms with Gasteiger partial charge in [-0.05, 0) is 24.3 Å². The predicted molar refractivity (Wildman–Crippen MR) is 92.0 cm³/mol. The van der Waals surface area contributed by atoms with Gasteiger partial charge in [0.05, 0.1) is 10.7 Å². The first kappa shape index (κ1) is 14.9. The first-order valence-electron chi connectivity index (χ1n) is 6.93. The normalized spacial score (nSPS) is 11.2. The van der Waals surface area contributed by atoms with E-state index in [1.54, 1.807) is 36.5 Å². The number of aromatic nitrogens is 1. The van der Waals surface area contributed by atoms with Crippen molar-refractivity contribution >= 4 is 40.2 Å². The van der Waals surface area contributed by atoms with Crippen LogP contribution < -0.4 is 5.32 Å². The Morgan fingerprint density at radius 3 is 2.70 bits per heavy atom. The summed E-state index contributed by atoms with van der Waals surface area (Å²) in [5, 5.41) is 13.3. The largest absolute Gasteiger partial charge is 0.361 e. The van der Waals surface area contributed by atoms with Gasteiger partial charge < -0.3 is 10.3 Å². The van der Waals surface area contributed by atoms with Crippen LogP contribution in [-0.4, -0.2) is 10.9 Å². The first-order chi connectivity index (χ1) is 11.2. The van der Waals surface area contributed by atoms with Crippen molar-refractivity contribution in [2.75, 3.05) is 5.32 Å². The van der Waals surface area contributed by atoms with Crippen LogP contribution >= 0.6 is 11.6 Å². The molecule has 2 N–H and O–H groups in total. The van der Waals surface area contributed by atoms with E-state index in [1.807, 2.05) is 30.3 Å². The molecule has 0 bridgehead atoms. The quantitative estimate of drug-likeness (QED) is 0.555. The number of fused-ring (bicyclic) bond motifs is 1. The summed E-state index contributed by atoms with van der Waals surface area (Å²) in [5.41, 5.74) is 2.21. The third-order valence-corrected chi connectivity index (χ3v) is 3.74. The van der Waals surface area contributed by atoms with Gasteiger partial charge in [-0.25, -0.2) is 0 Å². The number of hydrogen-bond acceptors (Lipinski definition) is 2. The third kappa shape index (κ3) is 3.10. The fourth-order valence-electron chi connectivity index (χ4n) is 2.27. The molecule has 0 aliphatic carbocycles. The van der Waals surface area contributed by atoms with E-state index in [-0.39, 0.29) is 5.57 Å². The monoisotopic (exact) mass is 321 g/mol. The lowest BCUT2D eigenvalue weighted by Crippen LogP contribution is -2.13. The lowest BCUT2D eigenvalue weighted by Gasteiger charge is -2.05. The number of carbonyl (C=O) groups is 1. The molecule has 2 aromatic carbocycles. The van der Waals surface area contributed by atoms with E-state index in [2.05, 4.69) is 10.3 Å². The zero-order valence-corrected chi connectivity index (χ0v) is 12.8. The van der Waals surface area contributed by atoms with Gasteiger partial charge in [0.2, 0.25) is 0 Å². The van der Waals surface area contributed by atoms with Crippen LogP contribution in [0.3, 0.4) is 0 Å². The van der Waals surface area contributed by atoms with E-state index in [4.69, 9.17) is 11.6 Å². The second kappa shape index (κ2) is 6.39. The molecule has 0 saturated heterocycles. The van der Waals surface area contributed by atoms with Gasteiger partial charge >= 0.3 is 0 Å². The van der Waals surface area contributed by atoms with Crippen molar-refractivity contribution < 1.29 is 4.79 Å². The zero-order valence-electron chi connectivity index (χ0n) is 12.0. The summed E-state index contributed by atoms with van der Waals surface area (Å²) in [4.78, 5) is 15.4.